The minimum Gasteiger partial charge on any atom is -0.379 e. The lowest BCUT2D eigenvalue weighted by Crippen LogP contribution is -2.09. The summed E-state index contributed by atoms with van der Waals surface area (Å²) in [7, 11) is -3.94. The van der Waals surface area contributed by atoms with Crippen molar-refractivity contribution < 1.29 is 12.6 Å². The summed E-state index contributed by atoms with van der Waals surface area (Å²) < 4.78 is 33.3. The largest absolute Gasteiger partial charge is 0.379 e. The predicted octanol–water partition coefficient (Wildman–Crippen LogP) is 8.16. The number of hydrogen-bond acceptors (Lipinski definition) is 4. The van der Waals surface area contributed by atoms with Crippen molar-refractivity contribution in [3.8, 4) is 28.0 Å². The third-order valence-corrected chi connectivity index (χ3v) is 8.40. The van der Waals surface area contributed by atoms with Crippen LogP contribution >= 0.6 is 11.3 Å². The molecule has 1 aromatic heterocycles. The van der Waals surface area contributed by atoms with Gasteiger partial charge in [-0.25, -0.2) is 0 Å². The summed E-state index contributed by atoms with van der Waals surface area (Å²) in [5, 5.41) is 1.94. The van der Waals surface area contributed by atoms with Gasteiger partial charge in [0.1, 0.15) is 10.6 Å². The van der Waals surface area contributed by atoms with Gasteiger partial charge in [0.25, 0.3) is 0 Å². The molecule has 3 nitrogen and oxygen atoms in total. The zero-order valence-electron chi connectivity index (χ0n) is 18.6. The van der Waals surface area contributed by atoms with Gasteiger partial charge in [0.05, 0.1) is 0 Å². The van der Waals surface area contributed by atoms with E-state index in [1.807, 2.05) is 30.3 Å². The van der Waals surface area contributed by atoms with E-state index in [0.29, 0.717) is 5.75 Å². The van der Waals surface area contributed by atoms with Crippen LogP contribution in [0, 0.1) is 0 Å². The van der Waals surface area contributed by atoms with Crippen molar-refractivity contribution >= 4 is 41.6 Å². The van der Waals surface area contributed by atoms with Crippen molar-refractivity contribution in [1.29, 1.82) is 0 Å². The molecule has 0 amide bonds. The minimum atomic E-state index is -3.94. The van der Waals surface area contributed by atoms with E-state index < -0.39 is 10.1 Å². The Morgan fingerprint density at radius 2 is 1.03 bits per heavy atom. The molecule has 6 aromatic rings. The molecule has 0 saturated carbocycles. The van der Waals surface area contributed by atoms with E-state index in [9.17, 15) is 8.42 Å². The van der Waals surface area contributed by atoms with Crippen molar-refractivity contribution in [2.45, 2.75) is 4.90 Å². The third-order valence-electron chi connectivity index (χ3n) is 6.00. The monoisotopic (exact) mass is 492 g/mol. The van der Waals surface area contributed by atoms with Crippen molar-refractivity contribution in [3.05, 3.63) is 121 Å². The molecule has 0 bridgehead atoms. The van der Waals surface area contributed by atoms with Gasteiger partial charge in [-0.05, 0) is 64.7 Å². The van der Waals surface area contributed by atoms with E-state index in [4.69, 9.17) is 4.18 Å². The second-order valence-electron chi connectivity index (χ2n) is 8.26. The standard InChI is InChI=1S/C30H20O3S2/c31-35(32,33-25-9-5-2-6-10-25)26-16-18-30-28(20-26)27-19-24(15-17-29(27)34-30)23-13-11-22(12-14-23)21-7-3-1-4-8-21/h1-20H. The first-order valence-electron chi connectivity index (χ1n) is 11.2. The highest BCUT2D eigenvalue weighted by Crippen LogP contribution is 2.38. The van der Waals surface area contributed by atoms with Gasteiger partial charge in [-0.3, -0.25) is 0 Å². The Labute approximate surface area is 208 Å². The second kappa shape index (κ2) is 8.69. The van der Waals surface area contributed by atoms with E-state index in [-0.39, 0.29) is 4.90 Å². The number of benzene rings is 5. The van der Waals surface area contributed by atoms with Crippen LogP contribution in [0.25, 0.3) is 42.4 Å². The van der Waals surface area contributed by atoms with Gasteiger partial charge in [-0.1, -0.05) is 78.9 Å². The molecule has 1 heterocycles. The molecular formula is C30H20O3S2. The fourth-order valence-corrected chi connectivity index (χ4v) is 6.25. The summed E-state index contributed by atoms with van der Waals surface area (Å²) in [5.74, 6) is 0.295. The first kappa shape index (κ1) is 21.6. The van der Waals surface area contributed by atoms with Crippen LogP contribution in [0.15, 0.2) is 126 Å². The molecule has 0 radical (unpaired) electrons. The van der Waals surface area contributed by atoms with E-state index in [1.54, 1.807) is 47.7 Å². The average Bonchev–Trinajstić information content (AvgIpc) is 3.27. The molecule has 0 spiro atoms. The zero-order chi connectivity index (χ0) is 23.8. The molecule has 0 unspecified atom stereocenters. The molecular weight excluding hydrogens is 472 g/mol. The number of hydrogen-bond donors (Lipinski definition) is 0. The molecule has 6 rings (SSSR count). The van der Waals surface area contributed by atoms with E-state index in [0.717, 1.165) is 31.3 Å². The van der Waals surface area contributed by atoms with E-state index >= 15 is 0 Å². The summed E-state index contributed by atoms with van der Waals surface area (Å²) in [6.07, 6.45) is 0. The quantitative estimate of drug-likeness (QED) is 0.228. The van der Waals surface area contributed by atoms with Gasteiger partial charge >= 0.3 is 10.1 Å². The summed E-state index contributed by atoms with van der Waals surface area (Å²) >= 11 is 1.65. The highest BCUT2D eigenvalue weighted by molar-refractivity contribution is 7.87. The van der Waals surface area contributed by atoms with Gasteiger partial charge in [0.15, 0.2) is 0 Å². The Morgan fingerprint density at radius 3 is 1.71 bits per heavy atom. The van der Waals surface area contributed by atoms with Crippen LogP contribution in [0.4, 0.5) is 0 Å². The number of fused-ring (bicyclic) bond motifs is 3. The third kappa shape index (κ3) is 4.20. The first-order valence-corrected chi connectivity index (χ1v) is 13.4. The lowest BCUT2D eigenvalue weighted by atomic mass is 9.99. The normalized spacial score (nSPS) is 11.7. The molecule has 0 aliphatic carbocycles. The summed E-state index contributed by atoms with van der Waals surface area (Å²) in [4.78, 5) is 0.145. The Balaban J connectivity index is 1.39. The van der Waals surface area contributed by atoms with Crippen molar-refractivity contribution in [2.75, 3.05) is 0 Å². The van der Waals surface area contributed by atoms with Crippen LogP contribution in [0.1, 0.15) is 0 Å². The van der Waals surface area contributed by atoms with Crippen molar-refractivity contribution in [3.63, 3.8) is 0 Å². The van der Waals surface area contributed by atoms with Crippen molar-refractivity contribution in [1.82, 2.24) is 0 Å². The topological polar surface area (TPSA) is 43.4 Å². The van der Waals surface area contributed by atoms with Crippen LogP contribution in [0.3, 0.4) is 0 Å². The molecule has 170 valence electrons. The number of thiophene rings is 1. The molecule has 0 aliphatic rings. The molecule has 0 atom stereocenters. The molecule has 0 N–H and O–H groups in total. The predicted molar refractivity (Wildman–Crippen MR) is 144 cm³/mol. The maximum absolute atomic E-state index is 12.9. The zero-order valence-corrected chi connectivity index (χ0v) is 20.2. The molecule has 0 aliphatic heterocycles. The maximum atomic E-state index is 12.9. The lowest BCUT2D eigenvalue weighted by Gasteiger charge is -2.07. The van der Waals surface area contributed by atoms with Gasteiger partial charge in [-0.2, -0.15) is 8.42 Å². The first-order chi connectivity index (χ1) is 17.1. The lowest BCUT2D eigenvalue weighted by molar-refractivity contribution is 0.486. The fourth-order valence-electron chi connectivity index (χ4n) is 4.23. The summed E-state index contributed by atoms with van der Waals surface area (Å²) in [6, 6.07) is 38.9. The van der Waals surface area contributed by atoms with Gasteiger partial charge < -0.3 is 4.18 Å². The molecule has 5 heteroatoms. The van der Waals surface area contributed by atoms with Crippen LogP contribution < -0.4 is 4.18 Å². The highest BCUT2D eigenvalue weighted by atomic mass is 32.2. The second-order valence-corrected chi connectivity index (χ2v) is 10.9. The molecule has 0 fully saturated rings. The van der Waals surface area contributed by atoms with Gasteiger partial charge in [0.2, 0.25) is 0 Å². The van der Waals surface area contributed by atoms with Crippen molar-refractivity contribution in [2.24, 2.45) is 0 Å². The van der Waals surface area contributed by atoms with E-state index in [2.05, 4.69) is 54.6 Å². The number of para-hydroxylation sites is 1. The van der Waals surface area contributed by atoms with E-state index in [1.165, 1.54) is 11.1 Å². The maximum Gasteiger partial charge on any atom is 0.339 e. The Morgan fingerprint density at radius 1 is 0.514 bits per heavy atom. The molecule has 0 saturated heterocycles. The van der Waals surface area contributed by atoms with Crippen LogP contribution in [0.5, 0.6) is 5.75 Å². The van der Waals surface area contributed by atoms with Gasteiger partial charge in [-0.15, -0.1) is 11.3 Å². The summed E-state index contributed by atoms with van der Waals surface area (Å²) in [6.45, 7) is 0. The Hall–Kier alpha value is -3.93. The van der Waals surface area contributed by atoms with Crippen LogP contribution in [-0.2, 0) is 10.1 Å². The SMILES string of the molecule is O=S(=O)(Oc1ccccc1)c1ccc2sc3ccc(-c4ccc(-c5ccccc5)cc4)cc3c2c1. The number of rotatable bonds is 5. The molecule has 35 heavy (non-hydrogen) atoms. The highest BCUT2D eigenvalue weighted by Gasteiger charge is 2.18. The minimum absolute atomic E-state index is 0.145. The molecule has 5 aromatic carbocycles. The average molecular weight is 493 g/mol. The Kier molecular flexibility index (Phi) is 5.36. The van der Waals surface area contributed by atoms with Gasteiger partial charge in [0, 0.05) is 20.2 Å². The summed E-state index contributed by atoms with van der Waals surface area (Å²) in [5.41, 5.74) is 4.56. The van der Waals surface area contributed by atoms with Crippen LogP contribution in [-0.4, -0.2) is 8.42 Å². The fraction of sp³-hybridized carbons (Fsp3) is 0. The smallest absolute Gasteiger partial charge is 0.339 e. The Bertz CT molecular complexity index is 1750. The van der Waals surface area contributed by atoms with Crippen LogP contribution in [0.2, 0.25) is 0 Å².